The second kappa shape index (κ2) is 9.16. The van der Waals surface area contributed by atoms with Crippen molar-refractivity contribution in [1.82, 2.24) is 9.21 Å². The summed E-state index contributed by atoms with van der Waals surface area (Å²) in [4.78, 5) is 12.3. The van der Waals surface area contributed by atoms with Crippen molar-refractivity contribution in [3.8, 4) is 0 Å². The molecule has 0 radical (unpaired) electrons. The van der Waals surface area contributed by atoms with E-state index in [4.69, 9.17) is 0 Å². The average molecular weight is 472 g/mol. The SMILES string of the molecule is Cc1ccc(S(=O)(=O)N2CCC(N(C)Cc3cccc(C(F)(F)F)c3)CC2)cc1[N+](=O)[O-]. The second-order valence-corrected chi connectivity index (χ2v) is 9.89. The lowest BCUT2D eigenvalue weighted by Crippen LogP contribution is -2.45. The number of hydrogen-bond acceptors (Lipinski definition) is 5. The van der Waals surface area contributed by atoms with Crippen LogP contribution in [0, 0.1) is 17.0 Å². The minimum Gasteiger partial charge on any atom is -0.299 e. The lowest BCUT2D eigenvalue weighted by molar-refractivity contribution is -0.385. The summed E-state index contributed by atoms with van der Waals surface area (Å²) in [6.07, 6.45) is -3.40. The second-order valence-electron chi connectivity index (χ2n) is 7.95. The molecule has 0 N–H and O–H groups in total. The molecule has 11 heteroatoms. The zero-order valence-electron chi connectivity index (χ0n) is 17.7. The molecule has 2 aromatic rings. The predicted octanol–water partition coefficient (Wildman–Crippen LogP) is 4.21. The van der Waals surface area contributed by atoms with Crippen molar-refractivity contribution in [1.29, 1.82) is 0 Å². The summed E-state index contributed by atoms with van der Waals surface area (Å²) < 4.78 is 66.0. The van der Waals surface area contributed by atoms with Gasteiger partial charge in [0.25, 0.3) is 5.69 Å². The Morgan fingerprint density at radius 3 is 2.41 bits per heavy atom. The van der Waals surface area contributed by atoms with E-state index in [2.05, 4.69) is 0 Å². The molecule has 32 heavy (non-hydrogen) atoms. The molecule has 0 atom stereocenters. The third-order valence-electron chi connectivity index (χ3n) is 5.75. The molecule has 3 rings (SSSR count). The number of sulfonamides is 1. The molecule has 0 bridgehead atoms. The van der Waals surface area contributed by atoms with Gasteiger partial charge in [-0.15, -0.1) is 0 Å². The molecule has 0 unspecified atom stereocenters. The Kier molecular flexibility index (Phi) is 6.91. The van der Waals surface area contributed by atoms with Crippen LogP contribution in [0.5, 0.6) is 0 Å². The minimum atomic E-state index is -4.40. The van der Waals surface area contributed by atoms with Crippen molar-refractivity contribution in [3.05, 3.63) is 69.3 Å². The highest BCUT2D eigenvalue weighted by Gasteiger charge is 2.33. The van der Waals surface area contributed by atoms with Crippen molar-refractivity contribution in [2.45, 2.75) is 43.4 Å². The average Bonchev–Trinajstić information content (AvgIpc) is 2.73. The van der Waals surface area contributed by atoms with Gasteiger partial charge < -0.3 is 0 Å². The number of nitro benzene ring substituents is 1. The third-order valence-corrected chi connectivity index (χ3v) is 7.64. The summed E-state index contributed by atoms with van der Waals surface area (Å²) in [5.74, 6) is 0. The molecule has 1 heterocycles. The maximum absolute atomic E-state index is 13.0. The van der Waals surface area contributed by atoms with Crippen LogP contribution in [-0.4, -0.2) is 48.7 Å². The van der Waals surface area contributed by atoms with Crippen molar-refractivity contribution < 1.29 is 26.5 Å². The summed E-state index contributed by atoms with van der Waals surface area (Å²) in [7, 11) is -2.08. The van der Waals surface area contributed by atoms with E-state index in [-0.39, 0.29) is 29.7 Å². The van der Waals surface area contributed by atoms with Gasteiger partial charge >= 0.3 is 6.18 Å². The molecule has 1 saturated heterocycles. The van der Waals surface area contributed by atoms with Crippen LogP contribution >= 0.6 is 0 Å². The van der Waals surface area contributed by atoms with Crippen LogP contribution in [-0.2, 0) is 22.7 Å². The van der Waals surface area contributed by atoms with E-state index in [9.17, 15) is 31.7 Å². The number of alkyl halides is 3. The van der Waals surface area contributed by atoms with Crippen LogP contribution in [0.25, 0.3) is 0 Å². The topological polar surface area (TPSA) is 83.8 Å². The summed E-state index contributed by atoms with van der Waals surface area (Å²) >= 11 is 0. The van der Waals surface area contributed by atoms with Crippen molar-refractivity contribution in [2.75, 3.05) is 20.1 Å². The zero-order chi connectivity index (χ0) is 23.7. The first-order chi connectivity index (χ1) is 14.9. The Morgan fingerprint density at radius 1 is 1.16 bits per heavy atom. The van der Waals surface area contributed by atoms with Crippen LogP contribution in [0.4, 0.5) is 18.9 Å². The summed E-state index contributed by atoms with van der Waals surface area (Å²) in [5, 5.41) is 11.2. The third kappa shape index (κ3) is 5.28. The molecule has 174 valence electrons. The molecule has 2 aromatic carbocycles. The largest absolute Gasteiger partial charge is 0.416 e. The smallest absolute Gasteiger partial charge is 0.299 e. The zero-order valence-corrected chi connectivity index (χ0v) is 18.5. The molecule has 1 aliphatic rings. The molecular formula is C21H24F3N3O4S. The lowest BCUT2D eigenvalue weighted by Gasteiger charge is -2.36. The first-order valence-corrected chi connectivity index (χ1v) is 11.4. The van der Waals surface area contributed by atoms with Gasteiger partial charge in [0.1, 0.15) is 0 Å². The van der Waals surface area contributed by atoms with Gasteiger partial charge in [0.15, 0.2) is 0 Å². The lowest BCUT2D eigenvalue weighted by atomic mass is 10.0. The first-order valence-electron chi connectivity index (χ1n) is 10.0. The molecule has 0 aromatic heterocycles. The number of nitro groups is 1. The molecule has 0 spiro atoms. The quantitative estimate of drug-likeness (QED) is 0.466. The van der Waals surface area contributed by atoms with E-state index in [1.54, 1.807) is 20.0 Å². The van der Waals surface area contributed by atoms with Crippen molar-refractivity contribution >= 4 is 15.7 Å². The number of nitrogens with zero attached hydrogens (tertiary/aromatic N) is 3. The van der Waals surface area contributed by atoms with Gasteiger partial charge in [0.05, 0.1) is 15.4 Å². The van der Waals surface area contributed by atoms with E-state index < -0.39 is 26.7 Å². The van der Waals surface area contributed by atoms with Gasteiger partial charge in [-0.25, -0.2) is 8.42 Å². The minimum absolute atomic E-state index is 0.00310. The number of hydrogen-bond donors (Lipinski definition) is 0. The van der Waals surface area contributed by atoms with Crippen LogP contribution in [0.15, 0.2) is 47.4 Å². The molecule has 1 fully saturated rings. The van der Waals surface area contributed by atoms with Crippen molar-refractivity contribution in [3.63, 3.8) is 0 Å². The molecular weight excluding hydrogens is 447 g/mol. The predicted molar refractivity (Wildman–Crippen MR) is 113 cm³/mol. The van der Waals surface area contributed by atoms with E-state index in [1.807, 2.05) is 4.90 Å². The number of benzene rings is 2. The number of piperidine rings is 1. The van der Waals surface area contributed by atoms with Gasteiger partial charge in [-0.3, -0.25) is 15.0 Å². The highest BCUT2D eigenvalue weighted by molar-refractivity contribution is 7.89. The van der Waals surface area contributed by atoms with E-state index in [0.717, 1.165) is 18.2 Å². The monoisotopic (exact) mass is 471 g/mol. The Balaban J connectivity index is 1.66. The molecule has 0 saturated carbocycles. The Hall–Kier alpha value is -2.50. The summed E-state index contributed by atoms with van der Waals surface area (Å²) in [5.41, 5.74) is -0.0356. The van der Waals surface area contributed by atoms with Gasteiger partial charge in [0.2, 0.25) is 10.0 Å². The fourth-order valence-corrected chi connectivity index (χ4v) is 5.37. The van der Waals surface area contributed by atoms with Gasteiger partial charge in [-0.05, 0) is 44.5 Å². The van der Waals surface area contributed by atoms with E-state index >= 15 is 0 Å². The van der Waals surface area contributed by atoms with E-state index in [1.165, 1.54) is 22.5 Å². The van der Waals surface area contributed by atoms with Gasteiger partial charge in [0, 0.05) is 37.3 Å². The van der Waals surface area contributed by atoms with E-state index in [0.29, 0.717) is 30.5 Å². The molecule has 0 aliphatic carbocycles. The van der Waals surface area contributed by atoms with Crippen LogP contribution in [0.1, 0.15) is 29.5 Å². The highest BCUT2D eigenvalue weighted by Crippen LogP contribution is 2.31. The Bertz CT molecular complexity index is 1100. The Morgan fingerprint density at radius 2 is 1.81 bits per heavy atom. The maximum Gasteiger partial charge on any atom is 0.416 e. The maximum atomic E-state index is 13.0. The van der Waals surface area contributed by atoms with Crippen LogP contribution in [0.3, 0.4) is 0 Å². The number of rotatable bonds is 6. The van der Waals surface area contributed by atoms with Gasteiger partial charge in [-0.2, -0.15) is 17.5 Å². The molecule has 7 nitrogen and oxygen atoms in total. The summed E-state index contributed by atoms with van der Waals surface area (Å²) in [6, 6.07) is 9.03. The normalized spacial score (nSPS) is 16.4. The number of halogens is 3. The fraction of sp³-hybridized carbons (Fsp3) is 0.429. The van der Waals surface area contributed by atoms with Crippen LogP contribution in [0.2, 0.25) is 0 Å². The highest BCUT2D eigenvalue weighted by atomic mass is 32.2. The van der Waals surface area contributed by atoms with Crippen molar-refractivity contribution in [2.24, 2.45) is 0 Å². The first kappa shape index (κ1) is 24.1. The standard InChI is InChI=1S/C21H24F3N3O4S/c1-15-6-7-19(13-20(15)27(28)29)32(30,31)26-10-8-18(9-11-26)25(2)14-16-4-3-5-17(12-16)21(22,23)24/h3-7,12-13,18H,8-11,14H2,1-2H3. The summed E-state index contributed by atoms with van der Waals surface area (Å²) in [6.45, 7) is 2.30. The fourth-order valence-electron chi connectivity index (χ4n) is 3.88. The molecule has 0 amide bonds. The number of aryl methyl sites for hydroxylation is 1. The molecule has 1 aliphatic heterocycles. The van der Waals surface area contributed by atoms with Gasteiger partial charge in [-0.1, -0.05) is 24.3 Å². The van der Waals surface area contributed by atoms with Crippen LogP contribution < -0.4 is 0 Å². The Labute approximate surface area is 184 Å².